The molecular formula is C23H39N5O6. The van der Waals surface area contributed by atoms with Crippen molar-refractivity contribution in [2.45, 2.75) is 84.7 Å². The van der Waals surface area contributed by atoms with Crippen LogP contribution in [0.2, 0.25) is 0 Å². The van der Waals surface area contributed by atoms with Crippen LogP contribution in [0.3, 0.4) is 0 Å². The van der Waals surface area contributed by atoms with Crippen LogP contribution < -0.4 is 21.7 Å². The van der Waals surface area contributed by atoms with E-state index in [0.717, 1.165) is 0 Å². The summed E-state index contributed by atoms with van der Waals surface area (Å²) < 4.78 is 7.33. The molecule has 34 heavy (non-hydrogen) atoms. The molecule has 2 unspecified atom stereocenters. The molecule has 1 heterocycles. The van der Waals surface area contributed by atoms with Crippen molar-refractivity contribution >= 4 is 35.4 Å². The van der Waals surface area contributed by atoms with Gasteiger partial charge in [0.2, 0.25) is 23.6 Å². The first-order valence-corrected chi connectivity index (χ1v) is 11.8. The Morgan fingerprint density at radius 2 is 1.82 bits per heavy atom. The van der Waals surface area contributed by atoms with Crippen LogP contribution in [-0.4, -0.2) is 65.5 Å². The lowest BCUT2D eigenvalue weighted by molar-refractivity contribution is -0.139. The van der Waals surface area contributed by atoms with Crippen LogP contribution in [0.5, 0.6) is 0 Å². The first kappa shape index (κ1) is 27.3. The molecule has 1 saturated heterocycles. The van der Waals surface area contributed by atoms with Gasteiger partial charge in [0.15, 0.2) is 5.78 Å². The summed E-state index contributed by atoms with van der Waals surface area (Å²) in [6, 6.07) is -2.44. The van der Waals surface area contributed by atoms with Crippen LogP contribution >= 0.6 is 0 Å². The number of rotatable bonds is 15. The zero-order valence-corrected chi connectivity index (χ0v) is 20.4. The highest BCUT2D eigenvalue weighted by molar-refractivity contribution is 6.03. The van der Waals surface area contributed by atoms with E-state index in [1.807, 2.05) is 0 Å². The number of hydrogen-bond donors (Lipinski definition) is 4. The fraction of sp³-hybridized carbons (Fsp3) is 0.739. The average molecular weight is 483 g/mol. The molecule has 0 aromatic heterocycles. The molecule has 0 bridgehead atoms. The number of likely N-dealkylation sites (tertiary alicyclic amines) is 1. The summed E-state index contributed by atoms with van der Waals surface area (Å²) in [5.41, 5.74) is 5.01. The summed E-state index contributed by atoms with van der Waals surface area (Å²) in [4.78, 5) is 73.1. The molecule has 5 N–H and O–H groups in total. The Kier molecular flexibility index (Phi) is 11.5. The second-order valence-electron chi connectivity index (χ2n) is 9.05. The number of hydrogen-bond acceptors (Lipinski definition) is 6. The van der Waals surface area contributed by atoms with Crippen molar-refractivity contribution in [3.8, 4) is 0 Å². The third-order valence-corrected chi connectivity index (χ3v) is 5.69. The number of carbonyl (C=O) groups excluding carboxylic acids is 6. The number of ketones is 1. The predicted molar refractivity (Wildman–Crippen MR) is 125 cm³/mol. The summed E-state index contributed by atoms with van der Waals surface area (Å²) in [5.74, 6) is -2.09. The van der Waals surface area contributed by atoms with Crippen molar-refractivity contribution in [3.05, 3.63) is 0 Å². The van der Waals surface area contributed by atoms with Crippen LogP contribution in [0, 0.1) is 11.8 Å². The van der Waals surface area contributed by atoms with Gasteiger partial charge in [-0.25, -0.2) is 4.79 Å². The zero-order chi connectivity index (χ0) is 26.5. The molecule has 1 rings (SSSR count). The van der Waals surface area contributed by atoms with Gasteiger partial charge < -0.3 is 21.7 Å². The Balaban J connectivity index is 2.48. The quantitative estimate of drug-likeness (QED) is 0.197. The Morgan fingerprint density at radius 3 is 2.38 bits per heavy atom. The minimum Gasteiger partial charge on any atom is -0.352 e. The Morgan fingerprint density at radius 1 is 1.12 bits per heavy atom. The molecule has 3 atom stereocenters. The molecule has 1 aliphatic rings. The van der Waals surface area contributed by atoms with E-state index in [-0.39, 0.29) is 55.4 Å². The van der Waals surface area contributed by atoms with Crippen molar-refractivity contribution < 1.29 is 30.1 Å². The number of primary amides is 1. The summed E-state index contributed by atoms with van der Waals surface area (Å²) in [5, 5.41) is 7.74. The Bertz CT molecular complexity index is 790. The SMILES string of the molecule is [2H]CC(=O)[C@H](CCCNC(N)=O)NC(=O)C(NC(=O)CCCCCN1C(=O)CC(C)C1=O)C(C)C. The number of Topliss-reactive ketones (excluding diaryl/α,β-unsaturated/α-hetero) is 1. The van der Waals surface area contributed by atoms with E-state index in [4.69, 9.17) is 7.10 Å². The smallest absolute Gasteiger partial charge is 0.312 e. The van der Waals surface area contributed by atoms with E-state index in [1.54, 1.807) is 20.8 Å². The third-order valence-electron chi connectivity index (χ3n) is 5.69. The van der Waals surface area contributed by atoms with Gasteiger partial charge in [-0.1, -0.05) is 27.2 Å². The highest BCUT2D eigenvalue weighted by atomic mass is 16.2. The number of urea groups is 1. The topological polar surface area (TPSA) is 168 Å². The minimum atomic E-state index is -0.897. The third kappa shape index (κ3) is 9.88. The van der Waals surface area contributed by atoms with Crippen molar-refractivity contribution in [2.75, 3.05) is 13.1 Å². The molecule has 0 aliphatic carbocycles. The van der Waals surface area contributed by atoms with E-state index in [1.165, 1.54) is 4.90 Å². The Labute approximate surface area is 202 Å². The molecule has 11 nitrogen and oxygen atoms in total. The molecule has 0 aromatic carbocycles. The highest BCUT2D eigenvalue weighted by Crippen LogP contribution is 2.19. The first-order valence-electron chi connectivity index (χ1n) is 12.5. The van der Waals surface area contributed by atoms with Crippen molar-refractivity contribution in [3.63, 3.8) is 0 Å². The molecule has 0 aromatic rings. The van der Waals surface area contributed by atoms with Gasteiger partial charge in [0, 0.05) is 33.2 Å². The van der Waals surface area contributed by atoms with Gasteiger partial charge in [-0.3, -0.25) is 28.9 Å². The van der Waals surface area contributed by atoms with Gasteiger partial charge in [-0.05, 0) is 38.5 Å². The lowest BCUT2D eigenvalue weighted by Crippen LogP contribution is -2.53. The summed E-state index contributed by atoms with van der Waals surface area (Å²) in [6.07, 6.45) is 2.83. The Hall–Kier alpha value is -2.98. The number of nitrogens with two attached hydrogens (primary N) is 1. The number of imide groups is 1. The lowest BCUT2D eigenvalue weighted by atomic mass is 10.0. The zero-order valence-electron chi connectivity index (χ0n) is 21.4. The summed E-state index contributed by atoms with van der Waals surface area (Å²) >= 11 is 0. The number of carbonyl (C=O) groups is 6. The highest BCUT2D eigenvalue weighted by Gasteiger charge is 2.34. The fourth-order valence-corrected chi connectivity index (χ4v) is 3.69. The van der Waals surface area contributed by atoms with Crippen molar-refractivity contribution in [1.29, 1.82) is 0 Å². The van der Waals surface area contributed by atoms with Gasteiger partial charge >= 0.3 is 6.03 Å². The number of nitrogens with one attached hydrogen (secondary N) is 3. The van der Waals surface area contributed by atoms with Gasteiger partial charge in [-0.15, -0.1) is 0 Å². The molecule has 192 valence electrons. The van der Waals surface area contributed by atoms with Crippen LogP contribution in [0.4, 0.5) is 4.79 Å². The maximum absolute atomic E-state index is 12.8. The molecule has 1 fully saturated rings. The van der Waals surface area contributed by atoms with Crippen LogP contribution in [-0.2, 0) is 24.0 Å². The molecule has 11 heteroatoms. The standard InChI is InChI=1S/C23H39N5O6/c1-14(2)20(21(32)26-17(16(4)29)9-8-11-25-23(24)34)27-18(30)10-6-5-7-12-28-19(31)13-15(3)22(28)33/h14-15,17,20H,5-13H2,1-4H3,(H,26,32)(H,27,30)(H3,24,25,34)/t15?,17-,20?/m0/s1/i4D. The lowest BCUT2D eigenvalue weighted by Gasteiger charge is -2.24. The van der Waals surface area contributed by atoms with E-state index in [0.29, 0.717) is 32.2 Å². The molecule has 6 amide bonds. The van der Waals surface area contributed by atoms with Crippen LogP contribution in [0.15, 0.2) is 0 Å². The first-order chi connectivity index (χ1) is 16.5. The van der Waals surface area contributed by atoms with Crippen LogP contribution in [0.25, 0.3) is 0 Å². The average Bonchev–Trinajstić information content (AvgIpc) is 3.03. The molecule has 0 saturated carbocycles. The second-order valence-corrected chi connectivity index (χ2v) is 9.05. The van der Waals surface area contributed by atoms with Crippen molar-refractivity contribution in [1.82, 2.24) is 20.9 Å². The molecule has 0 radical (unpaired) electrons. The van der Waals surface area contributed by atoms with Gasteiger partial charge in [-0.2, -0.15) is 0 Å². The summed E-state index contributed by atoms with van der Waals surface area (Å²) in [6.45, 7) is 5.36. The maximum atomic E-state index is 12.8. The predicted octanol–water partition coefficient (Wildman–Crippen LogP) is 0.605. The largest absolute Gasteiger partial charge is 0.352 e. The van der Waals surface area contributed by atoms with E-state index >= 15 is 0 Å². The van der Waals surface area contributed by atoms with Crippen molar-refractivity contribution in [2.24, 2.45) is 17.6 Å². The number of unbranched alkanes of at least 4 members (excludes halogenated alkanes) is 2. The molecular weight excluding hydrogens is 442 g/mol. The fourth-order valence-electron chi connectivity index (χ4n) is 3.69. The van der Waals surface area contributed by atoms with E-state index in [2.05, 4.69) is 16.0 Å². The summed E-state index contributed by atoms with van der Waals surface area (Å²) in [7, 11) is 0. The van der Waals surface area contributed by atoms with Crippen LogP contribution in [0.1, 0.15) is 74.0 Å². The molecule has 0 spiro atoms. The monoisotopic (exact) mass is 482 g/mol. The van der Waals surface area contributed by atoms with Gasteiger partial charge in [0.25, 0.3) is 0 Å². The minimum absolute atomic E-state index is 0.148. The van der Waals surface area contributed by atoms with Gasteiger partial charge in [0.05, 0.1) is 6.04 Å². The molecule has 1 aliphatic heterocycles. The second kappa shape index (κ2) is 14.3. The normalized spacial score (nSPS) is 17.8. The maximum Gasteiger partial charge on any atom is 0.312 e. The van der Waals surface area contributed by atoms with E-state index in [9.17, 15) is 28.8 Å². The number of amides is 6. The van der Waals surface area contributed by atoms with E-state index < -0.39 is 36.7 Å². The van der Waals surface area contributed by atoms with Gasteiger partial charge in [0.1, 0.15) is 6.04 Å². The number of nitrogens with zero attached hydrogens (tertiary/aromatic N) is 1.